The first-order chi connectivity index (χ1) is 20.5. The average Bonchev–Trinajstić information content (AvgIpc) is 3.34. The van der Waals surface area contributed by atoms with Crippen molar-refractivity contribution in [1.82, 2.24) is 25.6 Å². The number of amides is 2. The van der Waals surface area contributed by atoms with E-state index < -0.39 is 0 Å². The molecule has 0 saturated carbocycles. The summed E-state index contributed by atoms with van der Waals surface area (Å²) >= 11 is 0. The van der Waals surface area contributed by atoms with E-state index in [2.05, 4.69) is 51.8 Å². The fraction of sp³-hybridized carbons (Fsp3) is 0.714. The smallest absolute Gasteiger partial charge is 0.221 e. The topological polar surface area (TPSA) is 78.4 Å². The molecule has 0 aliphatic carbocycles. The standard InChI is InChI=1S/C35H61N5O2/c1-4-5-6-7-8-9-10-11-12-13-14-15-17-24-34(41)37-26-20-16-21-27-38-35(42)25-28-40-32(30-39(3)36-2)29-31-22-18-19-23-33(31)40/h18-19,22-23,29,36H,4-17,20-21,24-28,30H2,1-3H3,(H,37,41)(H,38,42). The number of carbonyl (C=O) groups is 2. The van der Waals surface area contributed by atoms with Crippen LogP contribution < -0.4 is 16.1 Å². The van der Waals surface area contributed by atoms with Gasteiger partial charge in [-0.1, -0.05) is 102 Å². The van der Waals surface area contributed by atoms with Crippen molar-refractivity contribution in [2.75, 3.05) is 27.2 Å². The van der Waals surface area contributed by atoms with Crippen LogP contribution in [0.3, 0.4) is 0 Å². The predicted octanol–water partition coefficient (Wildman–Crippen LogP) is 7.48. The summed E-state index contributed by atoms with van der Waals surface area (Å²) in [5.74, 6) is 0.274. The van der Waals surface area contributed by atoms with Crippen molar-refractivity contribution < 1.29 is 9.59 Å². The Morgan fingerprint density at radius 3 is 1.83 bits per heavy atom. The molecule has 0 radical (unpaired) electrons. The summed E-state index contributed by atoms with van der Waals surface area (Å²) in [5.41, 5.74) is 5.51. The van der Waals surface area contributed by atoms with Crippen molar-refractivity contribution in [3.05, 3.63) is 36.0 Å². The number of hydrogen-bond acceptors (Lipinski definition) is 4. The molecule has 0 fully saturated rings. The van der Waals surface area contributed by atoms with Crippen molar-refractivity contribution in [3.8, 4) is 0 Å². The van der Waals surface area contributed by atoms with Gasteiger partial charge in [-0.05, 0) is 50.2 Å². The van der Waals surface area contributed by atoms with E-state index in [0.29, 0.717) is 25.9 Å². The van der Waals surface area contributed by atoms with Gasteiger partial charge in [-0.25, -0.2) is 5.01 Å². The number of benzene rings is 1. The van der Waals surface area contributed by atoms with Gasteiger partial charge >= 0.3 is 0 Å². The SMILES string of the molecule is CCCCCCCCCCCCCCCC(=O)NCCCCCNC(=O)CCn1c(CN(C)NC)cc2ccccc21. The van der Waals surface area contributed by atoms with Gasteiger partial charge < -0.3 is 15.2 Å². The van der Waals surface area contributed by atoms with E-state index in [1.54, 1.807) is 0 Å². The van der Waals surface area contributed by atoms with Crippen LogP contribution in [0.4, 0.5) is 0 Å². The highest BCUT2D eigenvalue weighted by atomic mass is 16.2. The zero-order valence-corrected chi connectivity index (χ0v) is 27.2. The molecular weight excluding hydrogens is 522 g/mol. The number of unbranched alkanes of at least 4 members (excludes halogenated alkanes) is 14. The number of nitrogens with one attached hydrogen (secondary N) is 3. The molecule has 0 spiro atoms. The summed E-state index contributed by atoms with van der Waals surface area (Å²) in [6.07, 6.45) is 21.2. The van der Waals surface area contributed by atoms with E-state index in [-0.39, 0.29) is 11.8 Å². The zero-order chi connectivity index (χ0) is 30.3. The third kappa shape index (κ3) is 15.7. The fourth-order valence-corrected chi connectivity index (χ4v) is 5.56. The van der Waals surface area contributed by atoms with E-state index in [4.69, 9.17) is 0 Å². The number of carbonyl (C=O) groups excluding carboxylic acids is 2. The van der Waals surface area contributed by atoms with Crippen molar-refractivity contribution >= 4 is 22.7 Å². The number of hydrazine groups is 1. The number of rotatable bonds is 26. The molecule has 0 atom stereocenters. The minimum atomic E-state index is 0.0896. The highest BCUT2D eigenvalue weighted by molar-refractivity contribution is 5.82. The Morgan fingerprint density at radius 1 is 0.714 bits per heavy atom. The van der Waals surface area contributed by atoms with Crippen LogP contribution in [0, 0.1) is 0 Å². The molecule has 0 aliphatic heterocycles. The van der Waals surface area contributed by atoms with Gasteiger partial charge in [0.2, 0.25) is 11.8 Å². The van der Waals surface area contributed by atoms with Crippen molar-refractivity contribution in [2.45, 2.75) is 136 Å². The normalized spacial score (nSPS) is 11.4. The van der Waals surface area contributed by atoms with Gasteiger partial charge in [-0.15, -0.1) is 0 Å². The second-order valence-electron chi connectivity index (χ2n) is 11.9. The lowest BCUT2D eigenvalue weighted by atomic mass is 10.0. The molecule has 1 heterocycles. The van der Waals surface area contributed by atoms with Gasteiger partial charge in [-0.2, -0.15) is 0 Å². The summed E-state index contributed by atoms with van der Waals surface area (Å²) < 4.78 is 2.25. The molecule has 7 nitrogen and oxygen atoms in total. The molecular formula is C35H61N5O2. The van der Waals surface area contributed by atoms with E-state index in [9.17, 15) is 9.59 Å². The Kier molecular flexibility index (Phi) is 19.7. The number of para-hydroxylation sites is 1. The lowest BCUT2D eigenvalue weighted by Crippen LogP contribution is -2.31. The average molecular weight is 584 g/mol. The number of aromatic nitrogens is 1. The number of fused-ring (bicyclic) bond motifs is 1. The second kappa shape index (κ2) is 23.1. The number of hydrogen-bond donors (Lipinski definition) is 3. The number of nitrogens with zero attached hydrogens (tertiary/aromatic N) is 2. The van der Waals surface area contributed by atoms with Gasteiger partial charge in [0.25, 0.3) is 0 Å². The summed E-state index contributed by atoms with van der Waals surface area (Å²) in [5, 5.41) is 9.37. The van der Waals surface area contributed by atoms with Crippen LogP contribution in [0.5, 0.6) is 0 Å². The minimum Gasteiger partial charge on any atom is -0.356 e. The maximum atomic E-state index is 12.5. The van der Waals surface area contributed by atoms with Crippen LogP contribution in [-0.4, -0.2) is 48.6 Å². The van der Waals surface area contributed by atoms with Crippen LogP contribution in [0.15, 0.2) is 30.3 Å². The minimum absolute atomic E-state index is 0.0896. The first-order valence-corrected chi connectivity index (χ1v) is 17.0. The molecule has 7 heteroatoms. The van der Waals surface area contributed by atoms with Crippen LogP contribution in [0.25, 0.3) is 10.9 Å². The van der Waals surface area contributed by atoms with Gasteiger partial charge in [0, 0.05) is 50.7 Å². The Morgan fingerprint density at radius 2 is 1.24 bits per heavy atom. The maximum absolute atomic E-state index is 12.5. The van der Waals surface area contributed by atoms with E-state index in [0.717, 1.165) is 38.8 Å². The molecule has 3 N–H and O–H groups in total. The summed E-state index contributed by atoms with van der Waals surface area (Å²) in [4.78, 5) is 24.6. The van der Waals surface area contributed by atoms with Gasteiger partial charge in [0.15, 0.2) is 0 Å². The van der Waals surface area contributed by atoms with Gasteiger partial charge in [0.05, 0.1) is 6.54 Å². The van der Waals surface area contributed by atoms with Crippen molar-refractivity contribution in [2.24, 2.45) is 0 Å². The molecule has 0 unspecified atom stereocenters. The van der Waals surface area contributed by atoms with Gasteiger partial charge in [-0.3, -0.25) is 15.0 Å². The highest BCUT2D eigenvalue weighted by Crippen LogP contribution is 2.21. The second-order valence-corrected chi connectivity index (χ2v) is 11.9. The van der Waals surface area contributed by atoms with Crippen LogP contribution >= 0.6 is 0 Å². The monoisotopic (exact) mass is 583 g/mol. The first kappa shape index (κ1) is 35.8. The molecule has 0 bridgehead atoms. The molecule has 1 aromatic heterocycles. The Bertz CT molecular complexity index is 989. The van der Waals surface area contributed by atoms with E-state index >= 15 is 0 Å². The lowest BCUT2D eigenvalue weighted by molar-refractivity contribution is -0.122. The van der Waals surface area contributed by atoms with Crippen LogP contribution in [0.1, 0.15) is 128 Å². The van der Waals surface area contributed by atoms with E-state index in [1.807, 2.05) is 25.2 Å². The molecule has 0 saturated heterocycles. The molecule has 238 valence electrons. The third-order valence-corrected chi connectivity index (χ3v) is 8.25. The zero-order valence-electron chi connectivity index (χ0n) is 27.2. The van der Waals surface area contributed by atoms with Crippen molar-refractivity contribution in [1.29, 1.82) is 0 Å². The Balaban J connectivity index is 1.43. The summed E-state index contributed by atoms with van der Waals surface area (Å²) in [6.45, 7) is 5.12. The molecule has 2 amide bonds. The predicted molar refractivity (Wildman–Crippen MR) is 177 cm³/mol. The fourth-order valence-electron chi connectivity index (χ4n) is 5.56. The van der Waals surface area contributed by atoms with E-state index in [1.165, 1.54) is 93.6 Å². The number of aryl methyl sites for hydroxylation is 1. The summed E-state index contributed by atoms with van der Waals surface area (Å²) in [6, 6.07) is 10.5. The first-order valence-electron chi connectivity index (χ1n) is 17.0. The Labute approximate surface area is 256 Å². The molecule has 2 rings (SSSR count). The molecule has 42 heavy (non-hydrogen) atoms. The van der Waals surface area contributed by atoms with Crippen LogP contribution in [0.2, 0.25) is 0 Å². The maximum Gasteiger partial charge on any atom is 0.221 e. The van der Waals surface area contributed by atoms with Crippen LogP contribution in [-0.2, 0) is 22.7 Å². The lowest BCUT2D eigenvalue weighted by Gasteiger charge is -2.17. The molecule has 0 aliphatic rings. The van der Waals surface area contributed by atoms with Gasteiger partial charge in [0.1, 0.15) is 0 Å². The quantitative estimate of drug-likeness (QED) is 0.0792. The molecule has 2 aromatic rings. The van der Waals surface area contributed by atoms with Crippen molar-refractivity contribution in [3.63, 3.8) is 0 Å². The molecule has 1 aromatic carbocycles. The largest absolute Gasteiger partial charge is 0.356 e. The summed E-state index contributed by atoms with van der Waals surface area (Å²) in [7, 11) is 3.93. The Hall–Kier alpha value is -2.38. The third-order valence-electron chi connectivity index (χ3n) is 8.25. The highest BCUT2D eigenvalue weighted by Gasteiger charge is 2.12.